The van der Waals surface area contributed by atoms with Gasteiger partial charge < -0.3 is 81.4 Å². The lowest BCUT2D eigenvalue weighted by Gasteiger charge is -2.32. The monoisotopic (exact) mass is 1660 g/mol. The average Bonchev–Trinajstić information content (AvgIpc) is 1.55. The van der Waals surface area contributed by atoms with E-state index in [0.717, 1.165) is 30.3 Å². The number of aliphatic hydroxyl groups is 1. The van der Waals surface area contributed by atoms with Crippen LogP contribution in [-0.4, -0.2) is 172 Å². The molecule has 26 nitrogen and oxygen atoms in total. The van der Waals surface area contributed by atoms with E-state index in [4.69, 9.17) is 62.2 Å². The summed E-state index contributed by atoms with van der Waals surface area (Å²) in [7, 11) is 1.77. The van der Waals surface area contributed by atoms with Crippen molar-refractivity contribution in [2.75, 3.05) is 27.9 Å². The first-order valence-corrected chi connectivity index (χ1v) is 34.2. The number of aliphatic carboxylic acids is 1. The molecule has 5 heterocycles. The number of carboxylic acid groups (broad SMARTS) is 1. The van der Waals surface area contributed by atoms with Gasteiger partial charge in [0.1, 0.15) is 17.7 Å². The normalized spacial score (nSPS) is 17.0. The van der Waals surface area contributed by atoms with Crippen LogP contribution in [-0.2, 0) is 61.3 Å². The Labute approximate surface area is 634 Å². The summed E-state index contributed by atoms with van der Waals surface area (Å²) in [5.41, 5.74) is -1.66. The number of fused-ring (bicyclic) bond motifs is 1. The number of hydrogen-bond donors (Lipinski definition) is 5. The van der Waals surface area contributed by atoms with Crippen LogP contribution >= 0.6 is 31.9 Å². The number of esters is 3. The lowest BCUT2D eigenvalue weighted by molar-refractivity contribution is -0.149. The largest absolute Gasteiger partial charge is 0.505 e. The predicted molar refractivity (Wildman–Crippen MR) is 384 cm³/mol. The van der Waals surface area contributed by atoms with Crippen molar-refractivity contribution in [3.05, 3.63) is 133 Å². The summed E-state index contributed by atoms with van der Waals surface area (Å²) in [6.07, 6.45) is -4.47. The molecule has 0 bridgehead atoms. The molecule has 108 heavy (non-hydrogen) atoms. The van der Waals surface area contributed by atoms with Crippen molar-refractivity contribution in [1.29, 1.82) is 0 Å². The number of carboxylic acids is 1. The van der Waals surface area contributed by atoms with Crippen LogP contribution in [0.1, 0.15) is 118 Å². The van der Waals surface area contributed by atoms with E-state index in [1.807, 2.05) is 83.1 Å². The minimum atomic E-state index is -1.38. The molecule has 2 aromatic heterocycles. The zero-order valence-electron chi connectivity index (χ0n) is 62.4. The van der Waals surface area contributed by atoms with Gasteiger partial charge >= 0.3 is 45.0 Å². The van der Waals surface area contributed by atoms with E-state index < -0.39 is 150 Å². The maximum absolute atomic E-state index is 14.2. The number of benzene rings is 5. The number of carbonyl (C=O) groups is 4. The zero-order valence-corrected chi connectivity index (χ0v) is 65.6. The number of aromatic hydroxyl groups is 1. The second kappa shape index (κ2) is 36.9. The molecule has 0 saturated carbocycles. The molecule has 4 atom stereocenters. The molecule has 0 unspecified atom stereocenters. The van der Waals surface area contributed by atoms with E-state index in [1.54, 1.807) is 25.1 Å². The highest BCUT2D eigenvalue weighted by Crippen LogP contribution is 2.44. The quantitative estimate of drug-likeness (QED) is 0.0197. The van der Waals surface area contributed by atoms with Gasteiger partial charge in [0.2, 0.25) is 23.1 Å². The highest BCUT2D eigenvalue weighted by Gasteiger charge is 2.64. The van der Waals surface area contributed by atoms with Crippen LogP contribution in [0, 0.1) is 46.5 Å². The highest BCUT2D eigenvalue weighted by molar-refractivity contribution is 9.10. The van der Waals surface area contributed by atoms with Crippen LogP contribution in [0.3, 0.4) is 0 Å². The molecule has 0 aliphatic carbocycles. The fourth-order valence-corrected chi connectivity index (χ4v) is 9.86. The molecule has 0 spiro atoms. The second-order valence-electron chi connectivity index (χ2n) is 26.8. The molecule has 5 aromatic carbocycles. The molecule has 0 radical (unpaired) electrons. The van der Waals surface area contributed by atoms with Crippen molar-refractivity contribution < 1.29 is 131 Å². The fourth-order valence-electron chi connectivity index (χ4n) is 9.04. The number of aliphatic hydroxyl groups excluding tert-OH is 1. The van der Waals surface area contributed by atoms with Gasteiger partial charge in [-0.3, -0.25) is 4.79 Å². The Balaban J connectivity index is 0.000000247. The maximum Gasteiger partial charge on any atom is 0.495 e. The number of H-pyrrole nitrogens is 2. The van der Waals surface area contributed by atoms with Gasteiger partial charge in [-0.15, -0.1) is 10.2 Å². The van der Waals surface area contributed by atoms with Crippen molar-refractivity contribution in [2.24, 2.45) is 0 Å². The van der Waals surface area contributed by atoms with Crippen LogP contribution in [0.25, 0.3) is 33.7 Å². The number of methoxy groups -OCH3 is 3. The van der Waals surface area contributed by atoms with Crippen molar-refractivity contribution in [1.82, 2.24) is 25.4 Å². The zero-order chi connectivity index (χ0) is 81.8. The molecule has 3 aliphatic heterocycles. The highest BCUT2D eigenvalue weighted by atomic mass is 79.9. The number of aromatic amines is 2. The number of nitrogens with one attached hydrogen (secondary N) is 2. The summed E-state index contributed by atoms with van der Waals surface area (Å²) in [5.74, 6) is -14.0. The minimum absolute atomic E-state index is 0.0539. The van der Waals surface area contributed by atoms with Gasteiger partial charge in [-0.05, 0) is 195 Å². The molecule has 5 N–H and O–H groups in total. The van der Waals surface area contributed by atoms with Gasteiger partial charge in [-0.2, -0.15) is 22.8 Å². The number of carbonyl (C=O) groups excluding carboxylic acids is 3. The first kappa shape index (κ1) is 90.2. The van der Waals surface area contributed by atoms with E-state index in [2.05, 4.69) is 71.4 Å². The van der Waals surface area contributed by atoms with Gasteiger partial charge in [0, 0.05) is 8.95 Å². The van der Waals surface area contributed by atoms with E-state index >= 15 is 0 Å². The molecule has 10 rings (SSSR count). The molecular formula is C69H82B3Br2F8N5O21. The summed E-state index contributed by atoms with van der Waals surface area (Å²) < 4.78 is 177. The third-order valence-corrected chi connectivity index (χ3v) is 18.1. The first-order valence-electron chi connectivity index (χ1n) is 32.6. The third-order valence-electron chi connectivity index (χ3n) is 17.2. The predicted octanol–water partition coefficient (Wildman–Crippen LogP) is 12.0. The van der Waals surface area contributed by atoms with Crippen LogP contribution in [0.15, 0.2) is 80.5 Å². The Morgan fingerprint density at radius 1 is 0.528 bits per heavy atom. The van der Waals surface area contributed by atoms with Crippen molar-refractivity contribution in [3.63, 3.8) is 0 Å². The fraction of sp³-hybridized carbons (Fsp3) is 0.449. The number of hydrogen-bond acceptors (Lipinski definition) is 23. The Morgan fingerprint density at radius 2 is 0.935 bits per heavy atom. The average molecular weight is 1660 g/mol. The minimum Gasteiger partial charge on any atom is -0.505 e. The lowest BCUT2D eigenvalue weighted by Crippen LogP contribution is -2.41. The van der Waals surface area contributed by atoms with Crippen molar-refractivity contribution >= 4 is 93.5 Å². The second-order valence-corrected chi connectivity index (χ2v) is 28.6. The molecule has 0 amide bonds. The smallest absolute Gasteiger partial charge is 0.495 e. The molecule has 588 valence electrons. The number of ether oxygens (including phenoxy) is 7. The molecule has 7 aromatic rings. The standard InChI is InChI=1S/C21H17F2N5O5.C16H21BF2O5.C12H24B2O4.C10H9BrF2O3.C6H3BrF2O.C4H8O3/c1-3-32-14-7-10(11-6-13(22)16(23)15(8-11)33-9(2)21(30)31)4-5-12(14)18-24-19-17(20(29)25-18)26-28-27-19;1-9(14(20)21-6)22-12-8-10(7-11(18)13(12)19)17-23-15(2,3)16(4,5)24-17;1-9(2)10(3,4)16-13(15-9)14-17-11(5,6)12(7,8)18-14;1-5(10(14)15-2)16-8-4-6(11)3-7(12)9(8)13;7-3-1-4(8)6(9)5(10)2-3;1-3(5)4(6)7-2/h4-9H,3H2,1-2H3,(H,30,31)(H2,24,25,26,27,28,29);7-9H,1-6H3;1-8H3;3-5H,1-2H3;1-2,10H;3,5H,1-2H3/t2*9-;;5-;;3-/m11.1.0/s1. The summed E-state index contributed by atoms with van der Waals surface area (Å²) >= 11 is 5.87. The Hall–Kier alpha value is -8.43. The molecular weight excluding hydrogens is 1580 g/mol. The molecule has 3 saturated heterocycles. The number of halogens is 10. The van der Waals surface area contributed by atoms with Crippen LogP contribution < -0.4 is 30.0 Å². The number of phenols is 1. The molecule has 3 aliphatic rings. The number of phenolic OH excluding ortho intramolecular Hbond substituents is 1. The third kappa shape index (κ3) is 22.6. The number of aromatic nitrogens is 5. The van der Waals surface area contributed by atoms with E-state index in [9.17, 15) is 59.1 Å². The van der Waals surface area contributed by atoms with Gasteiger partial charge in [0.15, 0.2) is 75.9 Å². The maximum atomic E-state index is 14.2. The van der Waals surface area contributed by atoms with Crippen molar-refractivity contribution in [3.8, 4) is 51.3 Å². The van der Waals surface area contributed by atoms with E-state index in [1.165, 1.54) is 67.2 Å². The van der Waals surface area contributed by atoms with Crippen LogP contribution in [0.2, 0.25) is 0 Å². The van der Waals surface area contributed by atoms with E-state index in [-0.39, 0.29) is 62.8 Å². The summed E-state index contributed by atoms with van der Waals surface area (Å²) in [6, 6.07) is 13.4. The topological polar surface area (TPSA) is 336 Å². The Morgan fingerprint density at radius 3 is 1.37 bits per heavy atom. The van der Waals surface area contributed by atoms with E-state index in [0.29, 0.717) is 25.8 Å². The van der Waals surface area contributed by atoms with Crippen LogP contribution in [0.5, 0.6) is 28.7 Å². The van der Waals surface area contributed by atoms with Gasteiger partial charge in [-0.25, -0.2) is 41.7 Å². The van der Waals surface area contributed by atoms with Crippen LogP contribution in [0.4, 0.5) is 35.1 Å². The number of rotatable bonds is 16. The summed E-state index contributed by atoms with van der Waals surface area (Å²) in [6.45, 7) is 31.0. The summed E-state index contributed by atoms with van der Waals surface area (Å²) in [5, 5.41) is 35.9. The van der Waals surface area contributed by atoms with Gasteiger partial charge in [-0.1, -0.05) is 37.9 Å². The Kier molecular flexibility index (Phi) is 30.8. The SMILES string of the molecule is CC1(C)OB(B2OC(C)(C)C(C)(C)O2)OC1(C)C.CCOc1cc(-c2cc(F)c(F)c(O[C@H](C)C(=O)O)c2)ccc1-c1nc2n[nH]nc2c(=O)[nH]1.COC(=O)[C@@H](C)Oc1cc(B2OC(C)(C)C(C)(C)O2)cc(F)c1F.COC(=O)[C@@H](C)Oc1cc(Br)cc(F)c1F.COC(=O)[C@H](C)O.Oc1cc(Br)cc(F)c1F. The Bertz CT molecular complexity index is 4320. The molecule has 39 heteroatoms. The lowest BCUT2D eigenvalue weighted by atomic mass is 9.49. The first-order chi connectivity index (χ1) is 49.9. The van der Waals surface area contributed by atoms with Gasteiger partial charge in [0.05, 0.1) is 67.1 Å². The van der Waals surface area contributed by atoms with Gasteiger partial charge in [0.25, 0.3) is 5.56 Å². The molecule has 3 fully saturated rings. The number of nitrogens with zero attached hydrogens (tertiary/aromatic N) is 3. The van der Waals surface area contributed by atoms with Crippen molar-refractivity contribution in [2.45, 2.75) is 176 Å². The summed E-state index contributed by atoms with van der Waals surface area (Å²) in [4.78, 5) is 62.6.